The van der Waals surface area contributed by atoms with Gasteiger partial charge in [-0.3, -0.25) is 29.0 Å². The zero-order valence-corrected chi connectivity index (χ0v) is 64.9. The minimum absolute atomic E-state index is 0.0119. The Morgan fingerprint density at radius 3 is 2.44 bits per heavy atom. The van der Waals surface area contributed by atoms with Crippen LogP contribution in [-0.2, 0) is 47.3 Å². The first kappa shape index (κ1) is 77.5. The van der Waals surface area contributed by atoms with Crippen molar-refractivity contribution >= 4 is 95.1 Å². The molecule has 109 heavy (non-hydrogen) atoms. The van der Waals surface area contributed by atoms with E-state index in [1.807, 2.05) is 84.1 Å². The van der Waals surface area contributed by atoms with Crippen LogP contribution in [0.2, 0.25) is 5.02 Å². The molecule has 4 amide bonds. The number of aliphatic hydroxyl groups is 1. The van der Waals surface area contributed by atoms with E-state index in [2.05, 4.69) is 61.5 Å². The van der Waals surface area contributed by atoms with Gasteiger partial charge in [-0.2, -0.15) is 13.2 Å². The van der Waals surface area contributed by atoms with Crippen LogP contribution in [0.25, 0.3) is 16.0 Å². The van der Waals surface area contributed by atoms with Crippen molar-refractivity contribution in [3.8, 4) is 27.8 Å². The molecule has 580 valence electrons. The van der Waals surface area contributed by atoms with Crippen molar-refractivity contribution in [1.29, 1.82) is 0 Å². The number of hydrogen-bond donors (Lipinski definition) is 4. The van der Waals surface area contributed by atoms with Crippen molar-refractivity contribution in [3.63, 3.8) is 0 Å². The number of amides is 4. The number of halogens is 4. The number of nitrogens with zero attached hydrogens (tertiary/aromatic N) is 7. The number of carbonyl (C=O) groups is 4. The first-order valence-corrected chi connectivity index (χ1v) is 42.1. The third-order valence-corrected chi connectivity index (χ3v) is 26.9. The molecule has 0 unspecified atom stereocenters. The highest BCUT2D eigenvalue weighted by molar-refractivity contribution is 7.99. The van der Waals surface area contributed by atoms with Gasteiger partial charge >= 0.3 is 5.51 Å². The van der Waals surface area contributed by atoms with Crippen LogP contribution in [0.4, 0.5) is 24.5 Å². The van der Waals surface area contributed by atoms with Crippen LogP contribution in [0.3, 0.4) is 0 Å². The van der Waals surface area contributed by atoms with Gasteiger partial charge in [-0.25, -0.2) is 26.5 Å². The van der Waals surface area contributed by atoms with E-state index >= 15 is 0 Å². The lowest BCUT2D eigenvalue weighted by atomic mass is 9.72. The second-order valence-corrected chi connectivity index (χ2v) is 36.3. The van der Waals surface area contributed by atoms with Crippen molar-refractivity contribution in [3.05, 3.63) is 160 Å². The number of likely N-dealkylation sites (tertiary alicyclic amines) is 3. The number of aliphatic hydroxyl groups excluding tert-OH is 1. The van der Waals surface area contributed by atoms with Gasteiger partial charge in [0.05, 0.1) is 57.5 Å². The Hall–Kier alpha value is -8.23. The summed E-state index contributed by atoms with van der Waals surface area (Å²) >= 11 is 9.19. The average molecular weight is 1590 g/mol. The third kappa shape index (κ3) is 17.5. The van der Waals surface area contributed by atoms with Gasteiger partial charge in [0.1, 0.15) is 41.7 Å². The molecule has 1 aliphatic carbocycles. The number of allylic oxidation sites excluding steroid dienone is 1. The Labute approximate surface area is 645 Å². The van der Waals surface area contributed by atoms with Gasteiger partial charge in [0, 0.05) is 116 Å². The number of sulfonamides is 1. The summed E-state index contributed by atoms with van der Waals surface area (Å²) in [5, 5.41) is 21.5. The van der Waals surface area contributed by atoms with Crippen LogP contribution < -0.4 is 34.5 Å². The molecule has 2 aromatic heterocycles. The van der Waals surface area contributed by atoms with E-state index in [4.69, 9.17) is 30.3 Å². The molecule has 0 spiro atoms. The highest BCUT2D eigenvalue weighted by Crippen LogP contribution is 2.46. The lowest BCUT2D eigenvalue weighted by Gasteiger charge is -2.46. The number of rotatable bonds is 27. The maximum absolute atomic E-state index is 14.7. The summed E-state index contributed by atoms with van der Waals surface area (Å²) in [5.74, 6) is -1.14. The summed E-state index contributed by atoms with van der Waals surface area (Å²) < 4.78 is 125. The van der Waals surface area contributed by atoms with Crippen LogP contribution in [0, 0.1) is 11.3 Å². The number of ether oxygens (including phenoxy) is 3. The van der Waals surface area contributed by atoms with Gasteiger partial charge in [0.15, 0.2) is 5.76 Å². The molecular weight excluding hydrogens is 1510 g/mol. The number of alkyl halides is 3. The molecule has 4 saturated heterocycles. The van der Waals surface area contributed by atoms with Crippen molar-refractivity contribution in [2.24, 2.45) is 11.3 Å². The van der Waals surface area contributed by atoms with Crippen LogP contribution in [-0.4, -0.2) is 189 Å². The number of unbranched alkanes of at least 4 members (excludes halogenated alkanes) is 1. The maximum Gasteiger partial charge on any atom is 0.501 e. The molecule has 5 aromatic carbocycles. The minimum Gasteiger partial charge on any atom is -0.489 e. The van der Waals surface area contributed by atoms with Crippen molar-refractivity contribution in [2.45, 2.75) is 161 Å². The monoisotopic (exact) mass is 1590 g/mol. The largest absolute Gasteiger partial charge is 0.501 e. The Morgan fingerprint density at radius 1 is 0.862 bits per heavy atom. The zero-order chi connectivity index (χ0) is 76.7. The number of thioether (sulfide) groups is 1. The van der Waals surface area contributed by atoms with Crippen LogP contribution in [0.15, 0.2) is 146 Å². The van der Waals surface area contributed by atoms with E-state index in [0.717, 1.165) is 83.3 Å². The lowest BCUT2D eigenvalue weighted by molar-refractivity contribution is -0.137. The van der Waals surface area contributed by atoms with Gasteiger partial charge < -0.3 is 49.2 Å². The highest BCUT2D eigenvalue weighted by atomic mass is 35.5. The Balaban J connectivity index is 0.558. The molecule has 7 atom stereocenters. The predicted octanol–water partition coefficient (Wildman–Crippen LogP) is 11.8. The number of sulfone groups is 1. The van der Waals surface area contributed by atoms with Crippen molar-refractivity contribution in [2.75, 3.05) is 81.5 Å². The number of hydrogen-bond acceptors (Lipinski definition) is 21. The topological polar surface area (TPSA) is 276 Å². The molecule has 7 aromatic rings. The fourth-order valence-corrected chi connectivity index (χ4v) is 20.1. The quantitative estimate of drug-likeness (QED) is 0.0275. The molecule has 8 heterocycles. The predicted molar refractivity (Wildman–Crippen MR) is 408 cm³/mol. The van der Waals surface area contributed by atoms with Gasteiger partial charge in [-0.1, -0.05) is 81.3 Å². The van der Waals surface area contributed by atoms with Crippen molar-refractivity contribution in [1.82, 2.24) is 39.8 Å². The second kappa shape index (κ2) is 32.2. The third-order valence-electron chi connectivity index (χ3n) is 21.7. The first-order chi connectivity index (χ1) is 52.1. The summed E-state index contributed by atoms with van der Waals surface area (Å²) in [7, 11) is -11.2. The number of benzene rings is 5. The molecule has 14 rings (SSSR count). The van der Waals surface area contributed by atoms with Gasteiger partial charge in [0.2, 0.25) is 17.7 Å². The van der Waals surface area contributed by atoms with E-state index < -0.39 is 71.0 Å². The zero-order valence-electron chi connectivity index (χ0n) is 60.8. The molecule has 2 bridgehead atoms. The van der Waals surface area contributed by atoms with E-state index in [9.17, 15) is 54.3 Å². The number of aromatic nitrogens is 2. The Kier molecular flexibility index (Phi) is 22.9. The SMILES string of the molecule is CC(C)[C@H](C(=O)N1C[C@H](O)C[C@@H]1NC(=O)Cc1ccc2c(c1)OCc1ncsc1-2)c1cc(OCCCCC(=O)N2C[C@H]3C[C@@H]2CN3CC[C@H](CSc2ccccc2)Nc2ccc(S(=O)(=O)NC(=O)c3ccc4c(c3)OC[C@@H]3CN(CC5=C(c6ccc(Cl)cc6)CCC(C)(C)C5)CCN43)cc2S(=O)(=O)C(F)(F)F)no1. The fraction of sp³-hybridized carbons (Fsp3) is 0.462. The molecule has 0 saturated carbocycles. The minimum atomic E-state index is -6.20. The summed E-state index contributed by atoms with van der Waals surface area (Å²) in [6.07, 6.45) is 3.88. The van der Waals surface area contributed by atoms with E-state index in [1.54, 1.807) is 17.6 Å². The number of piperazine rings is 2. The van der Waals surface area contributed by atoms with Gasteiger partial charge in [-0.05, 0) is 151 Å². The summed E-state index contributed by atoms with van der Waals surface area (Å²) in [5.41, 5.74) is 2.73. The normalized spacial score (nSPS) is 21.0. The van der Waals surface area contributed by atoms with Crippen LogP contribution in [0.5, 0.6) is 17.4 Å². The first-order valence-electron chi connectivity index (χ1n) is 36.9. The molecule has 4 fully saturated rings. The summed E-state index contributed by atoms with van der Waals surface area (Å²) in [4.78, 5) is 69.7. The maximum atomic E-state index is 14.7. The molecule has 0 radical (unpaired) electrons. The Morgan fingerprint density at radius 2 is 1.67 bits per heavy atom. The highest BCUT2D eigenvalue weighted by Gasteiger charge is 2.50. The number of thiazole rings is 1. The van der Waals surface area contributed by atoms with E-state index in [0.29, 0.717) is 87.7 Å². The molecule has 4 N–H and O–H groups in total. The second-order valence-electron chi connectivity index (χ2n) is 30.4. The number of fused-ring (bicyclic) bond motifs is 8. The van der Waals surface area contributed by atoms with Crippen LogP contribution in [0.1, 0.15) is 124 Å². The number of nitrogens with one attached hydrogen (secondary N) is 3. The lowest BCUT2D eigenvalue weighted by Crippen LogP contribution is -2.57. The Bertz CT molecular complexity index is 4820. The van der Waals surface area contributed by atoms with Crippen LogP contribution >= 0.6 is 34.7 Å². The van der Waals surface area contributed by atoms with Gasteiger partial charge in [0.25, 0.3) is 31.6 Å². The molecule has 23 nitrogen and oxygen atoms in total. The standard InChI is InChI=1S/C78H88ClF3N10O13S4/c1-47(2)73(76(97)92-42-57(93)34-69(92)85-70(94)31-48-13-20-61-65(30-48)104-44-63-74(61)107-46-83-63)67-36-71(86-105-67)102-29-9-8-12-72(95)91-41-54-33-55(91)40-89(54)26-24-53(45-106-58-10-6-5-7-11-58)84-62-21-19-59(35-68(62)108(98,99)78(80,81)82)109(100,101)87-75(96)50-16-22-64-66(32-50)103-43-56-39-88(27-28-90(56)64)38-51-37-77(3,4)25-23-60(51)49-14-17-52(79)18-15-49/h5-7,10-11,13-22,30,32,35-36,46-47,53-57,69,73,84,93H,8-9,12,23-29,31,33-34,37-45H2,1-4H3,(H,85,94)(H,87,96)/t53-,54-,55-,56+,57-,69-,73+/m1/s1. The van der Waals surface area contributed by atoms with E-state index in [1.165, 1.54) is 56.8 Å². The fourth-order valence-electron chi connectivity index (χ4n) is 16.1. The van der Waals surface area contributed by atoms with Crippen molar-refractivity contribution < 1.29 is 73.0 Å². The number of carbonyl (C=O) groups excluding carboxylic acids is 4. The van der Waals surface area contributed by atoms with Gasteiger partial charge in [-0.15, -0.1) is 23.1 Å². The molecule has 7 aliphatic rings. The molecule has 31 heteroatoms. The average Bonchev–Trinajstić information content (AvgIpc) is 1.28. The number of anilines is 2. The summed E-state index contributed by atoms with van der Waals surface area (Å²) in [6, 6.07) is 30.6. The molecular formula is C78H88ClF3N10O13S4. The van der Waals surface area contributed by atoms with E-state index in [-0.39, 0.29) is 103 Å². The molecule has 6 aliphatic heterocycles. The smallest absolute Gasteiger partial charge is 0.489 e. The number of β-amino-alcohol motifs (C(OH)–C–C–N with tert-alkyl or cyclic N) is 1. The summed E-state index contributed by atoms with van der Waals surface area (Å²) in [6.45, 7) is 13.6.